The Morgan fingerprint density at radius 1 is 0.362 bits per heavy atom. The molecule has 1 aromatic rings. The summed E-state index contributed by atoms with van der Waals surface area (Å²) in [5.41, 5.74) is 0. The Hall–Kier alpha value is -0.790. The van der Waals surface area contributed by atoms with Gasteiger partial charge in [0.2, 0.25) is 0 Å². The highest BCUT2D eigenvalue weighted by molar-refractivity contribution is 4.84. The second kappa shape index (κ2) is 36.5. The molecule has 1 rings (SSSR count). The van der Waals surface area contributed by atoms with Crippen LogP contribution in [-0.4, -0.2) is 4.57 Å². The average molecular weight is 658 g/mol. The highest BCUT2D eigenvalue weighted by Gasteiger charge is 2.16. The van der Waals surface area contributed by atoms with Gasteiger partial charge in [0.15, 0.2) is 0 Å². The van der Waals surface area contributed by atoms with E-state index in [0.29, 0.717) is 0 Å². The fourth-order valence-corrected chi connectivity index (χ4v) is 7.56. The molecule has 0 saturated heterocycles. The molecule has 0 N–H and O–H groups in total. The van der Waals surface area contributed by atoms with E-state index in [0.717, 1.165) is 0 Å². The molecule has 0 aliphatic rings. The molecule has 2 heteroatoms. The molecule has 0 bridgehead atoms. The minimum absolute atomic E-state index is 1.23. The van der Waals surface area contributed by atoms with Crippen molar-refractivity contribution in [3.8, 4) is 0 Å². The number of imidazole rings is 1. The number of hydrogen-bond donors (Lipinski definition) is 0. The molecule has 278 valence electrons. The van der Waals surface area contributed by atoms with Crippen molar-refractivity contribution in [2.45, 2.75) is 271 Å². The molecule has 0 aromatic carbocycles. The topological polar surface area (TPSA) is 8.81 Å². The van der Waals surface area contributed by atoms with Gasteiger partial charge in [0.25, 0.3) is 5.82 Å². The summed E-state index contributed by atoms with van der Waals surface area (Å²) >= 11 is 0. The van der Waals surface area contributed by atoms with Gasteiger partial charge in [0, 0.05) is 6.42 Å². The summed E-state index contributed by atoms with van der Waals surface area (Å²) in [5.74, 6) is 1.63. The standard InChI is InChI=1S/C45H89N2/c1-4-7-10-13-16-19-21-23-25-27-29-32-35-38-41-46-43-44-47(45(46)40-37-34-31-18-15-12-9-6-3)42-39-36-33-30-28-26-24-22-20-17-14-11-8-5-2/h43-44H,4-42H2,1-3H3/q+1. The molecule has 0 aliphatic heterocycles. The van der Waals surface area contributed by atoms with E-state index in [1.54, 1.807) is 5.82 Å². The fourth-order valence-electron chi connectivity index (χ4n) is 7.56. The van der Waals surface area contributed by atoms with Crippen LogP contribution in [0, 0.1) is 0 Å². The summed E-state index contributed by atoms with van der Waals surface area (Å²) in [6, 6.07) is 0. The molecule has 0 fully saturated rings. The highest BCUT2D eigenvalue weighted by Crippen LogP contribution is 2.16. The van der Waals surface area contributed by atoms with Crippen LogP contribution in [0.3, 0.4) is 0 Å². The van der Waals surface area contributed by atoms with Gasteiger partial charge in [-0.1, -0.05) is 220 Å². The van der Waals surface area contributed by atoms with Gasteiger partial charge in [-0.05, 0) is 32.1 Å². The van der Waals surface area contributed by atoms with Crippen LogP contribution in [0.25, 0.3) is 0 Å². The van der Waals surface area contributed by atoms with Crippen molar-refractivity contribution in [3.05, 3.63) is 18.2 Å². The second-order valence-corrected chi connectivity index (χ2v) is 15.5. The van der Waals surface area contributed by atoms with Crippen molar-refractivity contribution in [2.75, 3.05) is 0 Å². The van der Waals surface area contributed by atoms with Crippen molar-refractivity contribution < 1.29 is 4.57 Å². The first kappa shape index (κ1) is 44.2. The van der Waals surface area contributed by atoms with E-state index >= 15 is 0 Å². The van der Waals surface area contributed by atoms with Crippen LogP contribution in [-0.2, 0) is 19.5 Å². The number of rotatable bonds is 39. The van der Waals surface area contributed by atoms with Gasteiger partial charge < -0.3 is 0 Å². The van der Waals surface area contributed by atoms with E-state index in [1.807, 2.05) is 0 Å². The van der Waals surface area contributed by atoms with Gasteiger partial charge in [-0.15, -0.1) is 0 Å². The third kappa shape index (κ3) is 28.7. The zero-order chi connectivity index (χ0) is 33.7. The zero-order valence-corrected chi connectivity index (χ0v) is 33.1. The summed E-state index contributed by atoms with van der Waals surface area (Å²) in [6.07, 6.45) is 57.8. The van der Waals surface area contributed by atoms with Crippen LogP contribution in [0.15, 0.2) is 12.4 Å². The van der Waals surface area contributed by atoms with Crippen LogP contribution in [0.4, 0.5) is 0 Å². The van der Waals surface area contributed by atoms with Gasteiger partial charge >= 0.3 is 0 Å². The van der Waals surface area contributed by atoms with Gasteiger partial charge in [0.05, 0.1) is 13.1 Å². The van der Waals surface area contributed by atoms with Crippen LogP contribution >= 0.6 is 0 Å². The Bertz CT molecular complexity index is 672. The first-order valence-corrected chi connectivity index (χ1v) is 22.4. The Kier molecular flexibility index (Phi) is 34.3. The van der Waals surface area contributed by atoms with Crippen molar-refractivity contribution in [3.63, 3.8) is 0 Å². The van der Waals surface area contributed by atoms with E-state index in [2.05, 4.69) is 42.3 Å². The van der Waals surface area contributed by atoms with Crippen LogP contribution in [0.2, 0.25) is 0 Å². The van der Waals surface area contributed by atoms with Gasteiger partial charge in [-0.2, -0.15) is 0 Å². The number of aryl methyl sites for hydroxylation is 2. The van der Waals surface area contributed by atoms with Gasteiger partial charge in [0.1, 0.15) is 12.4 Å². The average Bonchev–Trinajstić information content (AvgIpc) is 3.47. The lowest BCUT2D eigenvalue weighted by molar-refractivity contribution is -0.704. The van der Waals surface area contributed by atoms with E-state index in [1.165, 1.54) is 251 Å². The fraction of sp³-hybridized carbons (Fsp3) is 0.933. The predicted molar refractivity (Wildman–Crippen MR) is 212 cm³/mol. The van der Waals surface area contributed by atoms with Crippen molar-refractivity contribution in [2.24, 2.45) is 0 Å². The molecular formula is C45H89N2+. The maximum atomic E-state index is 2.64. The molecule has 0 atom stereocenters. The SMILES string of the molecule is CCCCCCCCCCCCCCCCn1cc[n+](CCCCCCCCCCCCCCCC)c1CCCCCCCCCC. The Morgan fingerprint density at radius 2 is 0.660 bits per heavy atom. The third-order valence-corrected chi connectivity index (χ3v) is 10.8. The second-order valence-electron chi connectivity index (χ2n) is 15.5. The summed E-state index contributed by atoms with van der Waals surface area (Å²) in [6.45, 7) is 9.41. The number of unbranched alkanes of at least 4 members (excludes halogenated alkanes) is 33. The van der Waals surface area contributed by atoms with E-state index in [9.17, 15) is 0 Å². The van der Waals surface area contributed by atoms with Gasteiger partial charge in [-0.25, -0.2) is 9.13 Å². The molecule has 0 radical (unpaired) electrons. The molecule has 1 aromatic heterocycles. The molecule has 0 unspecified atom stereocenters. The Morgan fingerprint density at radius 3 is 1.02 bits per heavy atom. The molecule has 2 nitrogen and oxygen atoms in total. The third-order valence-electron chi connectivity index (χ3n) is 10.8. The molecule has 0 amide bonds. The highest BCUT2D eigenvalue weighted by atomic mass is 15.1. The Labute approximate surface area is 298 Å². The number of aromatic nitrogens is 2. The molecule has 0 saturated carbocycles. The smallest absolute Gasteiger partial charge is 0.234 e. The van der Waals surface area contributed by atoms with Crippen molar-refractivity contribution >= 4 is 0 Å². The summed E-state index contributed by atoms with van der Waals surface area (Å²) < 4.78 is 5.29. The zero-order valence-electron chi connectivity index (χ0n) is 33.1. The molecule has 0 spiro atoms. The van der Waals surface area contributed by atoms with E-state index < -0.39 is 0 Å². The van der Waals surface area contributed by atoms with E-state index in [-0.39, 0.29) is 0 Å². The van der Waals surface area contributed by atoms with Crippen LogP contribution in [0.5, 0.6) is 0 Å². The molecule has 0 aliphatic carbocycles. The molecule has 1 heterocycles. The van der Waals surface area contributed by atoms with E-state index in [4.69, 9.17) is 0 Å². The van der Waals surface area contributed by atoms with Crippen LogP contribution in [0.1, 0.15) is 258 Å². The normalized spacial score (nSPS) is 11.6. The first-order chi connectivity index (χ1) is 23.3. The lowest BCUT2D eigenvalue weighted by Gasteiger charge is -2.07. The minimum Gasteiger partial charge on any atom is -0.234 e. The maximum Gasteiger partial charge on any atom is 0.256 e. The van der Waals surface area contributed by atoms with Crippen molar-refractivity contribution in [1.82, 2.24) is 4.57 Å². The lowest BCUT2D eigenvalue weighted by atomic mass is 10.0. The largest absolute Gasteiger partial charge is 0.256 e. The molecule has 47 heavy (non-hydrogen) atoms. The maximum absolute atomic E-state index is 2.64. The van der Waals surface area contributed by atoms with Gasteiger partial charge in [-0.3, -0.25) is 0 Å². The predicted octanol–water partition coefficient (Wildman–Crippen LogP) is 15.4. The quantitative estimate of drug-likeness (QED) is 0.0492. The number of hydrogen-bond acceptors (Lipinski definition) is 0. The monoisotopic (exact) mass is 658 g/mol. The van der Waals surface area contributed by atoms with Crippen molar-refractivity contribution in [1.29, 1.82) is 0 Å². The minimum atomic E-state index is 1.23. The summed E-state index contributed by atoms with van der Waals surface area (Å²) in [5, 5.41) is 0. The number of nitrogens with zero attached hydrogens (tertiary/aromatic N) is 2. The summed E-state index contributed by atoms with van der Waals surface area (Å²) in [7, 11) is 0. The first-order valence-electron chi connectivity index (χ1n) is 22.4. The lowest BCUT2D eigenvalue weighted by Crippen LogP contribution is -2.37. The molecular weight excluding hydrogens is 569 g/mol. The van der Waals surface area contributed by atoms with Crippen LogP contribution < -0.4 is 4.57 Å². The summed E-state index contributed by atoms with van der Waals surface area (Å²) in [4.78, 5) is 0. The Balaban J connectivity index is 2.24.